The standard InChI is InChI=1S/C15H20BrN3/c1-4-15-13(10-19(3)18-15)9-17-11(2)12-5-7-14(16)8-6-12/h5-8,10-11,17H,4,9H2,1-3H3/t11-/m0/s1. The molecular formula is C15H20BrN3. The van der Waals surface area contributed by atoms with Crippen molar-refractivity contribution in [2.45, 2.75) is 32.9 Å². The van der Waals surface area contributed by atoms with Gasteiger partial charge in [-0.05, 0) is 31.0 Å². The summed E-state index contributed by atoms with van der Waals surface area (Å²) in [6.07, 6.45) is 3.07. The first-order valence-electron chi connectivity index (χ1n) is 6.60. The van der Waals surface area contributed by atoms with Gasteiger partial charge in [0.2, 0.25) is 0 Å². The summed E-state index contributed by atoms with van der Waals surface area (Å²) >= 11 is 3.46. The van der Waals surface area contributed by atoms with Crippen LogP contribution in [0.25, 0.3) is 0 Å². The molecule has 1 atom stereocenters. The molecule has 0 amide bonds. The molecule has 2 rings (SSSR count). The minimum Gasteiger partial charge on any atom is -0.306 e. The minimum atomic E-state index is 0.331. The normalized spacial score (nSPS) is 12.6. The number of hydrogen-bond donors (Lipinski definition) is 1. The van der Waals surface area contributed by atoms with E-state index < -0.39 is 0 Å². The molecule has 0 saturated heterocycles. The third-order valence-electron chi connectivity index (χ3n) is 3.30. The predicted molar refractivity (Wildman–Crippen MR) is 82.0 cm³/mol. The van der Waals surface area contributed by atoms with Crippen LogP contribution in [0.5, 0.6) is 0 Å². The van der Waals surface area contributed by atoms with E-state index in [2.05, 4.69) is 70.7 Å². The molecule has 1 heterocycles. The zero-order valence-corrected chi connectivity index (χ0v) is 13.2. The van der Waals surface area contributed by atoms with Crippen molar-refractivity contribution in [2.75, 3.05) is 0 Å². The molecule has 0 aliphatic rings. The number of nitrogens with one attached hydrogen (secondary N) is 1. The van der Waals surface area contributed by atoms with Gasteiger partial charge < -0.3 is 5.32 Å². The first-order chi connectivity index (χ1) is 9.10. The molecule has 1 N–H and O–H groups in total. The summed E-state index contributed by atoms with van der Waals surface area (Å²) in [6, 6.07) is 8.78. The van der Waals surface area contributed by atoms with Crippen molar-refractivity contribution in [1.29, 1.82) is 0 Å². The fraction of sp³-hybridized carbons (Fsp3) is 0.400. The summed E-state index contributed by atoms with van der Waals surface area (Å²) in [5, 5.41) is 8.02. The van der Waals surface area contributed by atoms with E-state index >= 15 is 0 Å². The largest absolute Gasteiger partial charge is 0.306 e. The second kappa shape index (κ2) is 6.35. The predicted octanol–water partition coefficient (Wildman–Crippen LogP) is 3.60. The maximum atomic E-state index is 4.46. The third kappa shape index (κ3) is 3.67. The van der Waals surface area contributed by atoms with E-state index in [0.29, 0.717) is 6.04 Å². The van der Waals surface area contributed by atoms with Gasteiger partial charge in [0.15, 0.2) is 0 Å². The summed E-state index contributed by atoms with van der Waals surface area (Å²) in [7, 11) is 1.97. The van der Waals surface area contributed by atoms with E-state index in [1.165, 1.54) is 16.8 Å². The monoisotopic (exact) mass is 321 g/mol. The van der Waals surface area contributed by atoms with Crippen molar-refractivity contribution in [3.8, 4) is 0 Å². The number of hydrogen-bond acceptors (Lipinski definition) is 2. The van der Waals surface area contributed by atoms with Crippen LogP contribution in [0.2, 0.25) is 0 Å². The van der Waals surface area contributed by atoms with Crippen LogP contribution in [-0.2, 0) is 20.0 Å². The molecule has 0 spiro atoms. The molecule has 19 heavy (non-hydrogen) atoms. The van der Waals surface area contributed by atoms with Crippen LogP contribution < -0.4 is 5.32 Å². The van der Waals surface area contributed by atoms with E-state index in [4.69, 9.17) is 0 Å². The van der Waals surface area contributed by atoms with Crippen molar-refractivity contribution in [3.63, 3.8) is 0 Å². The topological polar surface area (TPSA) is 29.9 Å². The Labute approximate surface area is 123 Å². The quantitative estimate of drug-likeness (QED) is 0.911. The number of aryl methyl sites for hydroxylation is 2. The summed E-state index contributed by atoms with van der Waals surface area (Å²) in [4.78, 5) is 0. The number of aromatic nitrogens is 2. The first kappa shape index (κ1) is 14.3. The van der Waals surface area contributed by atoms with Gasteiger partial charge in [-0.1, -0.05) is 35.0 Å². The molecule has 0 fully saturated rings. The lowest BCUT2D eigenvalue weighted by Gasteiger charge is -2.14. The van der Waals surface area contributed by atoms with E-state index in [1.54, 1.807) is 0 Å². The van der Waals surface area contributed by atoms with Crippen LogP contribution in [0.3, 0.4) is 0 Å². The Morgan fingerprint density at radius 2 is 2.00 bits per heavy atom. The average Bonchev–Trinajstić information content (AvgIpc) is 2.77. The maximum Gasteiger partial charge on any atom is 0.0666 e. The highest BCUT2D eigenvalue weighted by molar-refractivity contribution is 9.10. The van der Waals surface area contributed by atoms with Gasteiger partial charge in [0.1, 0.15) is 0 Å². The summed E-state index contributed by atoms with van der Waals surface area (Å²) < 4.78 is 3.00. The van der Waals surface area contributed by atoms with Crippen molar-refractivity contribution in [3.05, 3.63) is 51.8 Å². The SMILES string of the molecule is CCc1nn(C)cc1CN[C@@H](C)c1ccc(Br)cc1. The molecule has 0 bridgehead atoms. The van der Waals surface area contributed by atoms with Crippen LogP contribution in [-0.4, -0.2) is 9.78 Å². The molecule has 0 unspecified atom stereocenters. The van der Waals surface area contributed by atoms with Gasteiger partial charge in [0.25, 0.3) is 0 Å². The molecule has 0 aliphatic carbocycles. The highest BCUT2D eigenvalue weighted by atomic mass is 79.9. The van der Waals surface area contributed by atoms with E-state index in [-0.39, 0.29) is 0 Å². The average molecular weight is 322 g/mol. The molecule has 1 aromatic carbocycles. The molecule has 4 heteroatoms. The maximum absolute atomic E-state index is 4.46. The lowest BCUT2D eigenvalue weighted by Crippen LogP contribution is -2.18. The zero-order chi connectivity index (χ0) is 13.8. The Morgan fingerprint density at radius 3 is 2.63 bits per heavy atom. The second-order valence-electron chi connectivity index (χ2n) is 4.78. The van der Waals surface area contributed by atoms with Crippen LogP contribution in [0.15, 0.2) is 34.9 Å². The summed E-state index contributed by atoms with van der Waals surface area (Å²) in [5.74, 6) is 0. The lowest BCUT2D eigenvalue weighted by atomic mass is 10.1. The van der Waals surface area contributed by atoms with Gasteiger partial charge in [-0.2, -0.15) is 5.10 Å². The van der Waals surface area contributed by atoms with Crippen LogP contribution in [0, 0.1) is 0 Å². The van der Waals surface area contributed by atoms with Gasteiger partial charge in [0, 0.05) is 35.9 Å². The van der Waals surface area contributed by atoms with E-state index in [0.717, 1.165) is 17.4 Å². The van der Waals surface area contributed by atoms with E-state index in [1.807, 2.05) is 11.7 Å². The zero-order valence-electron chi connectivity index (χ0n) is 11.7. The van der Waals surface area contributed by atoms with Gasteiger partial charge in [0.05, 0.1) is 5.69 Å². The molecule has 0 saturated carbocycles. The van der Waals surface area contributed by atoms with Crippen molar-refractivity contribution in [2.24, 2.45) is 7.05 Å². The molecule has 2 aromatic rings. The summed E-state index contributed by atoms with van der Waals surface area (Å²) in [5.41, 5.74) is 3.76. The number of halogens is 1. The van der Waals surface area contributed by atoms with E-state index in [9.17, 15) is 0 Å². The molecule has 102 valence electrons. The van der Waals surface area contributed by atoms with Crippen molar-refractivity contribution < 1.29 is 0 Å². The number of nitrogens with zero attached hydrogens (tertiary/aromatic N) is 2. The highest BCUT2D eigenvalue weighted by Crippen LogP contribution is 2.17. The van der Waals surface area contributed by atoms with Crippen molar-refractivity contribution >= 4 is 15.9 Å². The Hall–Kier alpha value is -1.13. The fourth-order valence-corrected chi connectivity index (χ4v) is 2.43. The Morgan fingerprint density at radius 1 is 1.32 bits per heavy atom. The van der Waals surface area contributed by atoms with Crippen LogP contribution >= 0.6 is 15.9 Å². The Bertz CT molecular complexity index is 531. The summed E-state index contributed by atoms with van der Waals surface area (Å²) in [6.45, 7) is 5.18. The molecule has 3 nitrogen and oxygen atoms in total. The minimum absolute atomic E-state index is 0.331. The number of benzene rings is 1. The van der Waals surface area contributed by atoms with Gasteiger partial charge in [-0.25, -0.2) is 0 Å². The molecule has 1 aromatic heterocycles. The van der Waals surface area contributed by atoms with Gasteiger partial charge >= 0.3 is 0 Å². The first-order valence-corrected chi connectivity index (χ1v) is 7.39. The number of rotatable bonds is 5. The molecular weight excluding hydrogens is 302 g/mol. The molecule has 0 aliphatic heterocycles. The second-order valence-corrected chi connectivity index (χ2v) is 5.70. The van der Waals surface area contributed by atoms with Crippen LogP contribution in [0.4, 0.5) is 0 Å². The Balaban J connectivity index is 1.99. The fourth-order valence-electron chi connectivity index (χ4n) is 2.16. The van der Waals surface area contributed by atoms with Crippen molar-refractivity contribution in [1.82, 2.24) is 15.1 Å². The highest BCUT2D eigenvalue weighted by Gasteiger charge is 2.09. The lowest BCUT2D eigenvalue weighted by molar-refractivity contribution is 0.572. The Kier molecular flexibility index (Phi) is 4.77. The third-order valence-corrected chi connectivity index (χ3v) is 3.82. The van der Waals surface area contributed by atoms with Crippen LogP contribution in [0.1, 0.15) is 36.7 Å². The smallest absolute Gasteiger partial charge is 0.0666 e. The molecule has 0 radical (unpaired) electrons. The van der Waals surface area contributed by atoms with Gasteiger partial charge in [-0.15, -0.1) is 0 Å². The van der Waals surface area contributed by atoms with Gasteiger partial charge in [-0.3, -0.25) is 4.68 Å².